The maximum Gasteiger partial charge on any atom is 0.337 e. The molecule has 0 radical (unpaired) electrons. The molecule has 0 unspecified atom stereocenters. The van der Waals surface area contributed by atoms with Crippen LogP contribution < -0.4 is 5.32 Å². The number of amides is 1. The van der Waals surface area contributed by atoms with Crippen LogP contribution in [0.15, 0.2) is 36.4 Å². The minimum atomic E-state index is -1.11. The molecule has 5 nitrogen and oxygen atoms in total. The molecule has 0 spiro atoms. The van der Waals surface area contributed by atoms with Gasteiger partial charge in [0.25, 0.3) is 5.91 Å². The molecule has 5 heteroatoms. The van der Waals surface area contributed by atoms with Gasteiger partial charge in [0.05, 0.1) is 11.3 Å². The Labute approximate surface area is 160 Å². The van der Waals surface area contributed by atoms with Crippen LogP contribution in [0.1, 0.15) is 73.4 Å². The van der Waals surface area contributed by atoms with Gasteiger partial charge in [0.2, 0.25) is 0 Å². The molecule has 0 saturated heterocycles. The molecule has 2 aromatic rings. The number of benzene rings is 2. The Bertz CT molecular complexity index is 851. The summed E-state index contributed by atoms with van der Waals surface area (Å²) in [6, 6.07) is 9.61. The van der Waals surface area contributed by atoms with Crippen molar-refractivity contribution in [3.8, 4) is 5.75 Å². The zero-order chi connectivity index (χ0) is 20.6. The lowest BCUT2D eigenvalue weighted by Crippen LogP contribution is -2.21. The first-order valence-corrected chi connectivity index (χ1v) is 8.84. The number of phenols is 1. The molecule has 0 fully saturated rings. The lowest BCUT2D eigenvalue weighted by Gasteiger charge is -2.28. The largest absolute Gasteiger partial charge is 0.507 e. The van der Waals surface area contributed by atoms with Crippen molar-refractivity contribution in [2.45, 2.75) is 52.4 Å². The van der Waals surface area contributed by atoms with E-state index in [9.17, 15) is 19.8 Å². The number of rotatable bonds is 3. The fourth-order valence-corrected chi connectivity index (χ4v) is 2.88. The Balaban J connectivity index is 2.55. The highest BCUT2D eigenvalue weighted by Gasteiger charge is 2.28. The van der Waals surface area contributed by atoms with Crippen LogP contribution in [0, 0.1) is 0 Å². The van der Waals surface area contributed by atoms with Crippen LogP contribution in [0.4, 0.5) is 5.69 Å². The van der Waals surface area contributed by atoms with Crippen LogP contribution in [-0.4, -0.2) is 22.1 Å². The van der Waals surface area contributed by atoms with Crippen LogP contribution in [0.25, 0.3) is 0 Å². The molecule has 0 aliphatic heterocycles. The van der Waals surface area contributed by atoms with Gasteiger partial charge < -0.3 is 15.5 Å². The van der Waals surface area contributed by atoms with E-state index in [1.54, 1.807) is 30.3 Å². The van der Waals surface area contributed by atoms with Gasteiger partial charge in [-0.3, -0.25) is 4.79 Å². The summed E-state index contributed by atoms with van der Waals surface area (Å²) >= 11 is 0. The van der Waals surface area contributed by atoms with Crippen LogP contribution in [0.3, 0.4) is 0 Å². The standard InChI is InChI=1S/C22H27NO4/c1-21(2,3)15-11-13(12-16(18(15)24)22(4,5)6)19(25)23-17-10-8-7-9-14(17)20(26)27/h7-12,24H,1-6H3,(H,23,25)(H,26,27). The van der Waals surface area contributed by atoms with Gasteiger partial charge >= 0.3 is 5.97 Å². The topological polar surface area (TPSA) is 86.6 Å². The molecule has 0 atom stereocenters. The molecule has 0 aromatic heterocycles. The van der Waals surface area contributed by atoms with Crippen LogP contribution in [0.2, 0.25) is 0 Å². The smallest absolute Gasteiger partial charge is 0.337 e. The second-order valence-electron chi connectivity index (χ2n) is 8.72. The lowest BCUT2D eigenvalue weighted by molar-refractivity contribution is 0.0698. The van der Waals surface area contributed by atoms with Gasteiger partial charge in [-0.2, -0.15) is 0 Å². The van der Waals surface area contributed by atoms with E-state index in [1.165, 1.54) is 6.07 Å². The fourth-order valence-electron chi connectivity index (χ4n) is 2.88. The molecule has 0 aliphatic rings. The number of aromatic hydroxyl groups is 1. The van der Waals surface area contributed by atoms with Crippen molar-refractivity contribution in [1.82, 2.24) is 0 Å². The highest BCUT2D eigenvalue weighted by Crippen LogP contribution is 2.39. The number of para-hydroxylation sites is 1. The average molecular weight is 369 g/mol. The predicted molar refractivity (Wildman–Crippen MR) is 107 cm³/mol. The average Bonchev–Trinajstić information content (AvgIpc) is 2.53. The highest BCUT2D eigenvalue weighted by atomic mass is 16.4. The first kappa shape index (κ1) is 20.5. The van der Waals surface area contributed by atoms with Crippen molar-refractivity contribution in [2.24, 2.45) is 0 Å². The number of anilines is 1. The maximum absolute atomic E-state index is 12.9. The Morgan fingerprint density at radius 2 is 1.37 bits per heavy atom. The van der Waals surface area contributed by atoms with Crippen LogP contribution in [-0.2, 0) is 10.8 Å². The second-order valence-corrected chi connectivity index (χ2v) is 8.72. The number of carboxylic acids is 1. The fraction of sp³-hybridized carbons (Fsp3) is 0.364. The van der Waals surface area contributed by atoms with E-state index in [4.69, 9.17) is 0 Å². The first-order chi connectivity index (χ1) is 12.3. The summed E-state index contributed by atoms with van der Waals surface area (Å²) in [5, 5.41) is 22.7. The summed E-state index contributed by atoms with van der Waals surface area (Å²) in [7, 11) is 0. The van der Waals surface area contributed by atoms with Gasteiger partial charge in [-0.05, 0) is 35.1 Å². The molecule has 0 aliphatic carbocycles. The second kappa shape index (κ2) is 7.06. The van der Waals surface area contributed by atoms with Crippen molar-refractivity contribution in [3.05, 3.63) is 58.7 Å². The molecular weight excluding hydrogens is 342 g/mol. The number of carbonyl (C=O) groups is 2. The van der Waals surface area contributed by atoms with Crippen molar-refractivity contribution in [2.75, 3.05) is 5.32 Å². The highest BCUT2D eigenvalue weighted by molar-refractivity contribution is 6.08. The maximum atomic E-state index is 12.9. The number of hydrogen-bond acceptors (Lipinski definition) is 3. The van der Waals surface area contributed by atoms with Gasteiger partial charge in [-0.25, -0.2) is 4.79 Å². The summed E-state index contributed by atoms with van der Waals surface area (Å²) < 4.78 is 0. The van der Waals surface area contributed by atoms with Crippen molar-refractivity contribution >= 4 is 17.6 Å². The third-order valence-corrected chi connectivity index (χ3v) is 4.39. The molecule has 0 heterocycles. The number of hydrogen-bond donors (Lipinski definition) is 3. The van der Waals surface area contributed by atoms with Gasteiger partial charge in [0.1, 0.15) is 5.75 Å². The normalized spacial score (nSPS) is 11.9. The Morgan fingerprint density at radius 1 is 0.889 bits per heavy atom. The quantitative estimate of drug-likeness (QED) is 0.715. The summed E-state index contributed by atoms with van der Waals surface area (Å²) in [5.41, 5.74) is 1.26. The van der Waals surface area contributed by atoms with Crippen molar-refractivity contribution in [3.63, 3.8) is 0 Å². The Hall–Kier alpha value is -2.82. The zero-order valence-electron chi connectivity index (χ0n) is 16.7. The molecule has 2 aromatic carbocycles. The van der Waals surface area contributed by atoms with E-state index in [0.29, 0.717) is 16.7 Å². The summed E-state index contributed by atoms with van der Waals surface area (Å²) in [6.45, 7) is 11.8. The molecule has 0 saturated carbocycles. The SMILES string of the molecule is CC(C)(C)c1cc(C(=O)Nc2ccccc2C(=O)O)cc(C(C)(C)C)c1O. The summed E-state index contributed by atoms with van der Waals surface area (Å²) in [4.78, 5) is 24.2. The number of phenolic OH excluding ortho intramolecular Hbond substituents is 1. The van der Waals surface area contributed by atoms with Gasteiger partial charge in [0.15, 0.2) is 0 Å². The Morgan fingerprint density at radius 3 is 1.81 bits per heavy atom. The van der Waals surface area contributed by atoms with Crippen LogP contribution >= 0.6 is 0 Å². The van der Waals surface area contributed by atoms with Crippen molar-refractivity contribution in [1.29, 1.82) is 0 Å². The zero-order valence-corrected chi connectivity index (χ0v) is 16.7. The number of carbonyl (C=O) groups excluding carboxylic acids is 1. The third kappa shape index (κ3) is 4.48. The first-order valence-electron chi connectivity index (χ1n) is 8.84. The molecule has 0 bridgehead atoms. The van der Waals surface area contributed by atoms with E-state index in [0.717, 1.165) is 0 Å². The van der Waals surface area contributed by atoms with E-state index in [1.807, 2.05) is 41.5 Å². The summed E-state index contributed by atoms with van der Waals surface area (Å²) in [5.74, 6) is -1.33. The minimum Gasteiger partial charge on any atom is -0.507 e. The van der Waals surface area contributed by atoms with E-state index >= 15 is 0 Å². The minimum absolute atomic E-state index is 0.0247. The van der Waals surface area contributed by atoms with E-state index in [2.05, 4.69) is 5.32 Å². The lowest BCUT2D eigenvalue weighted by atomic mass is 9.78. The number of nitrogens with one attached hydrogen (secondary N) is 1. The van der Waals surface area contributed by atoms with Crippen molar-refractivity contribution < 1.29 is 19.8 Å². The van der Waals surface area contributed by atoms with Gasteiger partial charge in [-0.1, -0.05) is 53.7 Å². The van der Waals surface area contributed by atoms with E-state index < -0.39 is 11.9 Å². The number of carboxylic acid groups (broad SMARTS) is 1. The molecule has 27 heavy (non-hydrogen) atoms. The monoisotopic (exact) mass is 369 g/mol. The predicted octanol–water partition coefficient (Wildman–Crippen LogP) is 4.94. The number of aromatic carboxylic acids is 1. The van der Waals surface area contributed by atoms with Gasteiger partial charge in [0, 0.05) is 16.7 Å². The molecular formula is C22H27NO4. The van der Waals surface area contributed by atoms with Gasteiger partial charge in [-0.15, -0.1) is 0 Å². The molecule has 1 amide bonds. The molecule has 3 N–H and O–H groups in total. The molecule has 2 rings (SSSR count). The third-order valence-electron chi connectivity index (χ3n) is 4.39. The van der Waals surface area contributed by atoms with Crippen LogP contribution in [0.5, 0.6) is 5.75 Å². The molecule has 144 valence electrons. The Kier molecular flexibility index (Phi) is 5.36. The van der Waals surface area contributed by atoms with E-state index in [-0.39, 0.29) is 27.8 Å². The summed E-state index contributed by atoms with van der Waals surface area (Å²) in [6.07, 6.45) is 0.